The van der Waals surface area contributed by atoms with Crippen LogP contribution in [-0.4, -0.2) is 41.8 Å². The zero-order valence-electron chi connectivity index (χ0n) is 14.4. The van der Waals surface area contributed by atoms with E-state index in [1.165, 1.54) is 10.4 Å². The van der Waals surface area contributed by atoms with E-state index in [9.17, 15) is 9.59 Å². The summed E-state index contributed by atoms with van der Waals surface area (Å²) in [6.07, 6.45) is 4.64. The summed E-state index contributed by atoms with van der Waals surface area (Å²) in [6.45, 7) is 1.61. The highest BCUT2D eigenvalue weighted by molar-refractivity contribution is 7.98. The number of aromatic nitrogens is 2. The van der Waals surface area contributed by atoms with Crippen LogP contribution < -0.4 is 16.2 Å². The van der Waals surface area contributed by atoms with Gasteiger partial charge in [-0.05, 0) is 44.8 Å². The Morgan fingerprint density at radius 2 is 2.24 bits per heavy atom. The Balaban J connectivity index is 1.47. The summed E-state index contributed by atoms with van der Waals surface area (Å²) >= 11 is 3.29. The second kappa shape index (κ2) is 8.82. The number of nitrogens with one attached hydrogen (secondary N) is 3. The van der Waals surface area contributed by atoms with E-state index in [4.69, 9.17) is 0 Å². The van der Waals surface area contributed by atoms with Crippen LogP contribution in [0.1, 0.15) is 35.5 Å². The number of amides is 1. The third-order valence-electron chi connectivity index (χ3n) is 4.26. The lowest BCUT2D eigenvalue weighted by Crippen LogP contribution is -2.26. The molecule has 2 heterocycles. The lowest BCUT2D eigenvalue weighted by Gasteiger charge is -2.05. The van der Waals surface area contributed by atoms with Crippen molar-refractivity contribution in [1.29, 1.82) is 0 Å². The van der Waals surface area contributed by atoms with E-state index in [1.807, 2.05) is 7.05 Å². The fraction of sp³-hybridized carbons (Fsp3) is 0.588. The lowest BCUT2D eigenvalue weighted by atomic mass is 10.2. The van der Waals surface area contributed by atoms with E-state index in [0.29, 0.717) is 24.5 Å². The summed E-state index contributed by atoms with van der Waals surface area (Å²) in [7, 11) is 1.90. The van der Waals surface area contributed by atoms with Gasteiger partial charge in [0.1, 0.15) is 10.7 Å². The molecule has 6 nitrogen and oxygen atoms in total. The van der Waals surface area contributed by atoms with Crippen LogP contribution >= 0.6 is 23.1 Å². The maximum atomic E-state index is 12.4. The number of carbonyl (C=O) groups is 1. The maximum absolute atomic E-state index is 12.4. The summed E-state index contributed by atoms with van der Waals surface area (Å²) in [4.78, 5) is 33.8. The van der Waals surface area contributed by atoms with E-state index < -0.39 is 0 Å². The first-order chi connectivity index (χ1) is 12.2. The Morgan fingerprint density at radius 1 is 1.36 bits per heavy atom. The van der Waals surface area contributed by atoms with Crippen molar-refractivity contribution >= 4 is 39.2 Å². The summed E-state index contributed by atoms with van der Waals surface area (Å²) in [5.74, 6) is 2.13. The monoisotopic (exact) mass is 380 g/mol. The highest BCUT2D eigenvalue weighted by Gasteiger charge is 2.20. The van der Waals surface area contributed by atoms with Gasteiger partial charge in [-0.2, -0.15) is 11.8 Å². The summed E-state index contributed by atoms with van der Waals surface area (Å²) in [6, 6.07) is 0. The number of nitrogens with zero attached hydrogens (tertiary/aromatic N) is 1. The third-order valence-corrected chi connectivity index (χ3v) is 6.42. The van der Waals surface area contributed by atoms with Gasteiger partial charge in [-0.25, -0.2) is 4.98 Å². The molecule has 3 N–H and O–H groups in total. The first-order valence-corrected chi connectivity index (χ1v) is 10.7. The van der Waals surface area contributed by atoms with Gasteiger partial charge in [-0.1, -0.05) is 0 Å². The number of hydrogen-bond acceptors (Lipinski definition) is 6. The van der Waals surface area contributed by atoms with Crippen molar-refractivity contribution in [3.8, 4) is 0 Å². The van der Waals surface area contributed by atoms with Crippen LogP contribution in [0, 0.1) is 0 Å². The summed E-state index contributed by atoms with van der Waals surface area (Å²) < 4.78 is 0. The normalized spacial score (nSPS) is 13.3. The second-order valence-corrected chi connectivity index (χ2v) is 8.35. The van der Waals surface area contributed by atoms with Gasteiger partial charge in [0.15, 0.2) is 0 Å². The zero-order valence-corrected chi connectivity index (χ0v) is 16.1. The first kappa shape index (κ1) is 18.4. The Bertz CT molecular complexity index is 800. The minimum Gasteiger partial charge on any atom is -0.356 e. The average Bonchev–Trinajstić information content (AvgIpc) is 3.16. The van der Waals surface area contributed by atoms with E-state index >= 15 is 0 Å². The average molecular weight is 381 g/mol. The van der Waals surface area contributed by atoms with Crippen molar-refractivity contribution in [3.63, 3.8) is 0 Å². The molecule has 0 saturated carbocycles. The number of carbonyl (C=O) groups excluding carboxylic acids is 1. The predicted molar refractivity (Wildman–Crippen MR) is 105 cm³/mol. The molecule has 136 valence electrons. The highest BCUT2D eigenvalue weighted by Crippen LogP contribution is 2.34. The van der Waals surface area contributed by atoms with E-state index in [0.717, 1.165) is 48.2 Å². The molecule has 0 aliphatic heterocycles. The molecule has 3 rings (SSSR count). The van der Waals surface area contributed by atoms with E-state index in [-0.39, 0.29) is 11.5 Å². The minimum absolute atomic E-state index is 0.0118. The van der Waals surface area contributed by atoms with Gasteiger partial charge < -0.3 is 15.6 Å². The number of rotatable bonds is 9. The van der Waals surface area contributed by atoms with Crippen molar-refractivity contribution in [2.45, 2.75) is 37.9 Å². The molecule has 0 radical (unpaired) electrons. The predicted octanol–water partition coefficient (Wildman–Crippen LogP) is 1.82. The minimum atomic E-state index is -0.0118. The number of thiophene rings is 1. The number of aromatic amines is 1. The lowest BCUT2D eigenvalue weighted by molar-refractivity contribution is -0.120. The largest absolute Gasteiger partial charge is 0.356 e. The van der Waals surface area contributed by atoms with Crippen molar-refractivity contribution in [1.82, 2.24) is 20.6 Å². The molecule has 0 atom stereocenters. The summed E-state index contributed by atoms with van der Waals surface area (Å²) in [5, 5.41) is 6.76. The molecule has 0 unspecified atom stereocenters. The van der Waals surface area contributed by atoms with Crippen molar-refractivity contribution in [2.24, 2.45) is 0 Å². The van der Waals surface area contributed by atoms with Gasteiger partial charge in [0.2, 0.25) is 5.91 Å². The van der Waals surface area contributed by atoms with Crippen LogP contribution in [0.4, 0.5) is 0 Å². The summed E-state index contributed by atoms with van der Waals surface area (Å²) in [5.41, 5.74) is 1.20. The van der Waals surface area contributed by atoms with Crippen LogP contribution in [0.5, 0.6) is 0 Å². The van der Waals surface area contributed by atoms with Gasteiger partial charge in [-0.3, -0.25) is 9.59 Å². The van der Waals surface area contributed by atoms with Gasteiger partial charge in [-0.15, -0.1) is 11.3 Å². The molecule has 0 fully saturated rings. The Kier molecular flexibility index (Phi) is 6.50. The Labute approximate surface area is 155 Å². The van der Waals surface area contributed by atoms with Crippen LogP contribution in [0.15, 0.2) is 4.79 Å². The molecule has 1 aliphatic carbocycles. The molecule has 25 heavy (non-hydrogen) atoms. The van der Waals surface area contributed by atoms with Gasteiger partial charge in [0.05, 0.1) is 11.1 Å². The van der Waals surface area contributed by atoms with Crippen molar-refractivity contribution in [3.05, 3.63) is 26.6 Å². The topological polar surface area (TPSA) is 86.9 Å². The van der Waals surface area contributed by atoms with Crippen molar-refractivity contribution < 1.29 is 4.79 Å². The molecule has 1 aliphatic rings. The molecular weight excluding hydrogens is 356 g/mol. The fourth-order valence-corrected chi connectivity index (χ4v) is 5.12. The second-order valence-electron chi connectivity index (χ2n) is 6.16. The Hall–Kier alpha value is -1.38. The zero-order chi connectivity index (χ0) is 17.6. The molecule has 2 aromatic rings. The van der Waals surface area contributed by atoms with E-state index in [1.54, 1.807) is 23.1 Å². The molecule has 2 aromatic heterocycles. The molecular formula is C17H24N4O2S2. The number of H-pyrrole nitrogens is 1. The Morgan fingerprint density at radius 3 is 3.08 bits per heavy atom. The molecule has 1 amide bonds. The smallest absolute Gasteiger partial charge is 0.259 e. The molecule has 0 saturated heterocycles. The first-order valence-electron chi connectivity index (χ1n) is 8.71. The van der Waals surface area contributed by atoms with Gasteiger partial charge in [0.25, 0.3) is 5.56 Å². The van der Waals surface area contributed by atoms with Gasteiger partial charge >= 0.3 is 0 Å². The molecule has 0 spiro atoms. The molecule has 0 aromatic carbocycles. The highest BCUT2D eigenvalue weighted by atomic mass is 32.2. The fourth-order valence-electron chi connectivity index (χ4n) is 3.03. The third kappa shape index (κ3) is 4.62. The van der Waals surface area contributed by atoms with Crippen LogP contribution in [0.3, 0.4) is 0 Å². The molecule has 8 heteroatoms. The SMILES string of the molecule is CNCCCNC(=O)CCSCc1nc2sc3c(c2c(=O)[nH]1)CCC3. The maximum Gasteiger partial charge on any atom is 0.259 e. The molecule has 0 bridgehead atoms. The number of aryl methyl sites for hydroxylation is 2. The number of thioether (sulfide) groups is 1. The van der Waals surface area contributed by atoms with E-state index in [2.05, 4.69) is 20.6 Å². The number of fused-ring (bicyclic) bond motifs is 3. The standard InChI is InChI=1S/C17H24N4O2S2/c1-18-7-3-8-19-14(22)6-9-24-10-13-20-16(23)15-11-4-2-5-12(11)25-17(15)21-13/h18H,2-10H2,1H3,(H,19,22)(H,20,21,23). The quantitative estimate of drug-likeness (QED) is 0.578. The van der Waals surface area contributed by atoms with Crippen molar-refractivity contribution in [2.75, 3.05) is 25.9 Å². The number of hydrogen-bond donors (Lipinski definition) is 3. The van der Waals surface area contributed by atoms with Crippen LogP contribution in [-0.2, 0) is 23.4 Å². The van der Waals surface area contributed by atoms with Crippen LogP contribution in [0.2, 0.25) is 0 Å². The van der Waals surface area contributed by atoms with Gasteiger partial charge in [0, 0.05) is 23.6 Å². The van der Waals surface area contributed by atoms with Crippen LogP contribution in [0.25, 0.3) is 10.2 Å².